The molecule has 0 spiro atoms. The first-order chi connectivity index (χ1) is 7.87. The normalized spacial score (nSPS) is 14.1. The molecule has 0 aliphatic rings. The van der Waals surface area contributed by atoms with Gasteiger partial charge in [-0.05, 0) is 12.8 Å². The van der Waals surface area contributed by atoms with Crippen molar-refractivity contribution in [1.82, 2.24) is 0 Å². The quantitative estimate of drug-likeness (QED) is 0.435. The van der Waals surface area contributed by atoms with E-state index in [2.05, 4.69) is 60.0 Å². The summed E-state index contributed by atoms with van der Waals surface area (Å²) in [5.74, 6) is 2.93. The SMILES string of the molecule is CCCCCC/C=C(\Br)[C@@H](O)C#C[Si](C)(C)C. The number of aliphatic hydroxyl groups excluding tert-OH is 1. The third-order valence-electron chi connectivity index (χ3n) is 2.24. The summed E-state index contributed by atoms with van der Waals surface area (Å²) in [6, 6.07) is 0. The van der Waals surface area contributed by atoms with Crippen molar-refractivity contribution in [3.05, 3.63) is 10.6 Å². The summed E-state index contributed by atoms with van der Waals surface area (Å²) < 4.78 is 0.819. The summed E-state index contributed by atoms with van der Waals surface area (Å²) in [5, 5.41) is 9.82. The van der Waals surface area contributed by atoms with Gasteiger partial charge in [0.15, 0.2) is 0 Å². The molecule has 0 heterocycles. The highest BCUT2D eigenvalue weighted by molar-refractivity contribution is 9.11. The van der Waals surface area contributed by atoms with Crippen LogP contribution in [-0.2, 0) is 0 Å². The largest absolute Gasteiger partial charge is 0.376 e. The number of hydrogen-bond acceptors (Lipinski definition) is 1. The van der Waals surface area contributed by atoms with Crippen LogP contribution in [0.4, 0.5) is 0 Å². The standard InChI is InChI=1S/C14H25BrOSi/c1-5-6-7-8-9-10-13(15)14(16)11-12-17(2,3)4/h10,14,16H,5-9H2,1-4H3/b13-10-/t14-/m0/s1. The van der Waals surface area contributed by atoms with Crippen molar-refractivity contribution < 1.29 is 5.11 Å². The first-order valence-electron chi connectivity index (χ1n) is 6.43. The summed E-state index contributed by atoms with van der Waals surface area (Å²) in [7, 11) is -1.38. The molecule has 3 heteroatoms. The first-order valence-corrected chi connectivity index (χ1v) is 10.7. The van der Waals surface area contributed by atoms with Gasteiger partial charge in [-0.3, -0.25) is 0 Å². The molecule has 1 N–H and O–H groups in total. The highest BCUT2D eigenvalue weighted by Gasteiger charge is 2.09. The Bertz CT molecular complexity index is 294. The molecule has 0 aromatic heterocycles. The molecule has 1 atom stereocenters. The number of allylic oxidation sites excluding steroid dienone is 1. The molecule has 0 unspecified atom stereocenters. The topological polar surface area (TPSA) is 20.2 Å². The second-order valence-electron chi connectivity index (χ2n) is 5.36. The molecule has 0 saturated carbocycles. The van der Waals surface area contributed by atoms with Crippen LogP contribution in [0.3, 0.4) is 0 Å². The second kappa shape index (κ2) is 8.96. The Morgan fingerprint density at radius 1 is 1.29 bits per heavy atom. The van der Waals surface area contributed by atoms with Crippen molar-refractivity contribution >= 4 is 24.0 Å². The maximum atomic E-state index is 9.82. The summed E-state index contributed by atoms with van der Waals surface area (Å²) in [6.07, 6.45) is 7.44. The van der Waals surface area contributed by atoms with Gasteiger partial charge in [-0.1, -0.05) is 73.8 Å². The predicted molar refractivity (Wildman–Crippen MR) is 82.9 cm³/mol. The lowest BCUT2D eigenvalue weighted by molar-refractivity contribution is 0.277. The number of hydrogen-bond donors (Lipinski definition) is 1. The molecule has 0 aliphatic carbocycles. The van der Waals surface area contributed by atoms with E-state index in [0.717, 1.165) is 10.9 Å². The van der Waals surface area contributed by atoms with Crippen molar-refractivity contribution in [1.29, 1.82) is 0 Å². The third-order valence-corrected chi connectivity index (χ3v) is 3.89. The Labute approximate surface area is 116 Å². The van der Waals surface area contributed by atoms with Crippen molar-refractivity contribution in [3.8, 4) is 11.5 Å². The monoisotopic (exact) mass is 316 g/mol. The second-order valence-corrected chi connectivity index (χ2v) is 11.0. The minimum Gasteiger partial charge on any atom is -0.376 e. The van der Waals surface area contributed by atoms with Gasteiger partial charge in [-0.25, -0.2) is 0 Å². The Morgan fingerprint density at radius 3 is 2.47 bits per heavy atom. The molecule has 98 valence electrons. The van der Waals surface area contributed by atoms with E-state index in [1.165, 1.54) is 25.7 Å². The van der Waals surface area contributed by atoms with E-state index in [1.54, 1.807) is 0 Å². The van der Waals surface area contributed by atoms with Crippen LogP contribution in [0, 0.1) is 11.5 Å². The number of unbranched alkanes of at least 4 members (excludes halogenated alkanes) is 4. The highest BCUT2D eigenvalue weighted by Crippen LogP contribution is 2.14. The molecule has 0 aromatic rings. The first kappa shape index (κ1) is 17.0. The lowest BCUT2D eigenvalue weighted by atomic mass is 10.1. The fourth-order valence-corrected chi connectivity index (χ4v) is 2.19. The number of halogens is 1. The van der Waals surface area contributed by atoms with Crippen LogP contribution in [0.5, 0.6) is 0 Å². The molecule has 0 bridgehead atoms. The average Bonchev–Trinajstić information content (AvgIpc) is 2.24. The fraction of sp³-hybridized carbons (Fsp3) is 0.714. The van der Waals surface area contributed by atoms with E-state index >= 15 is 0 Å². The Hall–Kier alpha value is -0.0431. The van der Waals surface area contributed by atoms with Gasteiger partial charge in [0, 0.05) is 4.48 Å². The van der Waals surface area contributed by atoms with E-state index in [9.17, 15) is 5.11 Å². The molecule has 17 heavy (non-hydrogen) atoms. The highest BCUT2D eigenvalue weighted by atomic mass is 79.9. The molecule has 0 amide bonds. The van der Waals surface area contributed by atoms with Gasteiger partial charge >= 0.3 is 0 Å². The molecule has 0 rings (SSSR count). The maximum Gasteiger partial charge on any atom is 0.145 e. The van der Waals surface area contributed by atoms with Gasteiger partial charge in [0.1, 0.15) is 14.2 Å². The van der Waals surface area contributed by atoms with Crippen molar-refractivity contribution in [2.45, 2.75) is 64.8 Å². The van der Waals surface area contributed by atoms with Gasteiger partial charge in [0.25, 0.3) is 0 Å². The maximum absolute atomic E-state index is 9.82. The molecule has 0 radical (unpaired) electrons. The molecule has 1 nitrogen and oxygen atoms in total. The summed E-state index contributed by atoms with van der Waals surface area (Å²) >= 11 is 3.40. The van der Waals surface area contributed by atoms with Crippen molar-refractivity contribution in [2.75, 3.05) is 0 Å². The van der Waals surface area contributed by atoms with Crippen LogP contribution >= 0.6 is 15.9 Å². The lowest BCUT2D eigenvalue weighted by Gasteiger charge is -2.06. The lowest BCUT2D eigenvalue weighted by Crippen LogP contribution is -2.18. The zero-order valence-electron chi connectivity index (χ0n) is 11.5. The van der Waals surface area contributed by atoms with Gasteiger partial charge in [-0.2, -0.15) is 0 Å². The van der Waals surface area contributed by atoms with E-state index in [0.29, 0.717) is 0 Å². The molecule has 0 aromatic carbocycles. The third kappa shape index (κ3) is 10.8. The zero-order valence-corrected chi connectivity index (χ0v) is 14.1. The number of aliphatic hydroxyl groups is 1. The molecule has 0 saturated heterocycles. The van der Waals surface area contributed by atoms with Crippen molar-refractivity contribution in [3.63, 3.8) is 0 Å². The molecule has 0 fully saturated rings. The van der Waals surface area contributed by atoms with Gasteiger partial charge in [0.2, 0.25) is 0 Å². The fourth-order valence-electron chi connectivity index (χ4n) is 1.28. The molecular weight excluding hydrogens is 292 g/mol. The number of rotatable bonds is 6. The van der Waals surface area contributed by atoms with E-state index in [4.69, 9.17) is 0 Å². The Kier molecular flexibility index (Phi) is 8.94. The average molecular weight is 317 g/mol. The van der Waals surface area contributed by atoms with Gasteiger partial charge in [0.05, 0.1) is 0 Å². The summed E-state index contributed by atoms with van der Waals surface area (Å²) in [6.45, 7) is 8.74. The molecular formula is C14H25BrOSi. The van der Waals surface area contributed by atoms with E-state index in [1.807, 2.05) is 0 Å². The zero-order chi connectivity index (χ0) is 13.3. The van der Waals surface area contributed by atoms with E-state index in [-0.39, 0.29) is 0 Å². The minimum atomic E-state index is -1.38. The van der Waals surface area contributed by atoms with Crippen LogP contribution < -0.4 is 0 Å². The van der Waals surface area contributed by atoms with Gasteiger partial charge < -0.3 is 5.11 Å². The van der Waals surface area contributed by atoms with Crippen LogP contribution in [0.15, 0.2) is 10.6 Å². The van der Waals surface area contributed by atoms with E-state index < -0.39 is 14.2 Å². The van der Waals surface area contributed by atoms with Crippen molar-refractivity contribution in [2.24, 2.45) is 0 Å². The van der Waals surface area contributed by atoms with Crippen LogP contribution in [0.2, 0.25) is 19.6 Å². The minimum absolute atomic E-state index is 0.645. The van der Waals surface area contributed by atoms with Crippen LogP contribution in [-0.4, -0.2) is 19.3 Å². The predicted octanol–water partition coefficient (Wildman–Crippen LogP) is 4.48. The molecule has 0 aliphatic heterocycles. The van der Waals surface area contributed by atoms with Crippen LogP contribution in [0.25, 0.3) is 0 Å². The smallest absolute Gasteiger partial charge is 0.145 e. The Balaban J connectivity index is 4.06. The Morgan fingerprint density at radius 2 is 1.94 bits per heavy atom. The summed E-state index contributed by atoms with van der Waals surface area (Å²) in [5.41, 5.74) is 3.18. The van der Waals surface area contributed by atoms with Gasteiger partial charge in [-0.15, -0.1) is 5.54 Å². The summed E-state index contributed by atoms with van der Waals surface area (Å²) in [4.78, 5) is 0. The van der Waals surface area contributed by atoms with Crippen LogP contribution in [0.1, 0.15) is 39.0 Å².